The zero-order chi connectivity index (χ0) is 10.3. The summed E-state index contributed by atoms with van der Waals surface area (Å²) in [6.07, 6.45) is 3.32. The Morgan fingerprint density at radius 3 is 2.23 bits per heavy atom. The van der Waals surface area contributed by atoms with Crippen LogP contribution in [-0.4, -0.2) is 5.00 Å². The Morgan fingerprint density at radius 1 is 1.31 bits per heavy atom. The third-order valence-electron chi connectivity index (χ3n) is 2.04. The van der Waals surface area contributed by atoms with Crippen LogP contribution in [-0.2, 0) is 0 Å². The summed E-state index contributed by atoms with van der Waals surface area (Å²) in [7, 11) is 0. The first-order valence-corrected chi connectivity index (χ1v) is 5.11. The predicted molar refractivity (Wildman–Crippen MR) is 59.0 cm³/mol. The minimum atomic E-state index is -0.757. The van der Waals surface area contributed by atoms with Crippen molar-refractivity contribution >= 4 is 34.8 Å². The fourth-order valence-corrected chi connectivity index (χ4v) is 1.86. The maximum atomic E-state index is 6.35. The summed E-state index contributed by atoms with van der Waals surface area (Å²) in [5.74, 6) is 0. The number of allylic oxidation sites excluding steroid dienone is 2. The Morgan fingerprint density at radius 2 is 1.85 bits per heavy atom. The molecule has 0 bridgehead atoms. The van der Waals surface area contributed by atoms with E-state index < -0.39 is 5.00 Å². The van der Waals surface area contributed by atoms with Gasteiger partial charge in [-0.15, -0.1) is 0 Å². The Kier molecular flexibility index (Phi) is 2.92. The lowest BCUT2D eigenvalue weighted by atomic mass is 9.85. The van der Waals surface area contributed by atoms with Gasteiger partial charge in [-0.3, -0.25) is 0 Å². The van der Waals surface area contributed by atoms with Gasteiger partial charge in [-0.25, -0.2) is 0 Å². The molecule has 4 heteroatoms. The third kappa shape index (κ3) is 1.98. The summed E-state index contributed by atoms with van der Waals surface area (Å²) < 4.78 is 0. The predicted octanol–water partition coefficient (Wildman–Crippen LogP) is 3.77. The lowest BCUT2D eigenvalue weighted by molar-refractivity contribution is 0.289. The van der Waals surface area contributed by atoms with Crippen molar-refractivity contribution in [2.24, 2.45) is 5.41 Å². The number of rotatable bonds is 0. The highest BCUT2D eigenvalue weighted by molar-refractivity contribution is 6.41. The molecule has 1 aliphatic rings. The normalized spacial score (nSPS) is 29.1. The van der Waals surface area contributed by atoms with Crippen LogP contribution >= 0.6 is 34.8 Å². The number of hydrogen-bond acceptors (Lipinski definition) is 1. The Labute approximate surface area is 93.7 Å². The molecule has 0 spiro atoms. The first kappa shape index (κ1) is 11.2. The molecular weight excluding hydrogens is 228 g/mol. The van der Waals surface area contributed by atoms with Gasteiger partial charge in [-0.05, 0) is 6.08 Å². The lowest BCUT2D eigenvalue weighted by Crippen LogP contribution is -2.49. The second-order valence-corrected chi connectivity index (χ2v) is 5.48. The Balaban J connectivity index is 3.05. The molecule has 1 aliphatic heterocycles. The van der Waals surface area contributed by atoms with Crippen molar-refractivity contribution in [3.8, 4) is 0 Å². The Bertz CT molecular complexity index is 275. The molecule has 0 saturated carbocycles. The van der Waals surface area contributed by atoms with Crippen molar-refractivity contribution < 1.29 is 0 Å². The first-order chi connectivity index (χ1) is 5.77. The molecule has 1 nitrogen and oxygen atoms in total. The molecule has 0 aromatic carbocycles. The fourth-order valence-electron chi connectivity index (χ4n) is 1.07. The van der Waals surface area contributed by atoms with Crippen LogP contribution in [0.4, 0.5) is 0 Å². The van der Waals surface area contributed by atoms with Crippen molar-refractivity contribution in [3.05, 3.63) is 22.3 Å². The van der Waals surface area contributed by atoms with Gasteiger partial charge in [-0.1, -0.05) is 55.6 Å². The van der Waals surface area contributed by atoms with Crippen LogP contribution in [0.1, 0.15) is 20.8 Å². The molecule has 74 valence electrons. The fraction of sp³-hybridized carbons (Fsp3) is 0.556. The van der Waals surface area contributed by atoms with Gasteiger partial charge < -0.3 is 5.32 Å². The monoisotopic (exact) mass is 239 g/mol. The number of nitrogens with one attached hydrogen (secondary N) is 1. The van der Waals surface area contributed by atoms with Gasteiger partial charge >= 0.3 is 0 Å². The van der Waals surface area contributed by atoms with Gasteiger partial charge in [0.1, 0.15) is 0 Å². The van der Waals surface area contributed by atoms with E-state index in [0.717, 1.165) is 0 Å². The minimum absolute atomic E-state index is 0.184. The number of halogens is 3. The van der Waals surface area contributed by atoms with Crippen molar-refractivity contribution in [2.45, 2.75) is 25.8 Å². The summed E-state index contributed by atoms with van der Waals surface area (Å²) >= 11 is 18.2. The number of dihydropyridines is 1. The molecule has 0 radical (unpaired) electrons. The van der Waals surface area contributed by atoms with Gasteiger partial charge in [-0.2, -0.15) is 0 Å². The molecule has 0 aliphatic carbocycles. The molecule has 1 atom stereocenters. The van der Waals surface area contributed by atoms with Crippen LogP contribution in [0.25, 0.3) is 0 Å². The summed E-state index contributed by atoms with van der Waals surface area (Å²) in [4.78, 5) is -0.757. The smallest absolute Gasteiger partial charge is 0.153 e. The topological polar surface area (TPSA) is 12.0 Å². The van der Waals surface area contributed by atoms with E-state index >= 15 is 0 Å². The van der Waals surface area contributed by atoms with Crippen LogP contribution in [0.5, 0.6) is 0 Å². The van der Waals surface area contributed by atoms with E-state index in [9.17, 15) is 0 Å². The van der Waals surface area contributed by atoms with E-state index in [1.54, 1.807) is 12.3 Å². The highest BCUT2D eigenvalue weighted by Crippen LogP contribution is 2.44. The zero-order valence-electron chi connectivity index (χ0n) is 7.79. The van der Waals surface area contributed by atoms with Gasteiger partial charge in [0.2, 0.25) is 0 Å². The summed E-state index contributed by atoms with van der Waals surface area (Å²) in [5.41, 5.74) is -0.184. The summed E-state index contributed by atoms with van der Waals surface area (Å²) in [5, 5.41) is 4.09. The molecule has 1 unspecified atom stereocenters. The second kappa shape index (κ2) is 3.38. The molecule has 1 N–H and O–H groups in total. The van der Waals surface area contributed by atoms with Crippen LogP contribution < -0.4 is 5.32 Å². The zero-order valence-corrected chi connectivity index (χ0v) is 10.1. The quantitative estimate of drug-likeness (QED) is 0.502. The molecule has 1 rings (SSSR count). The maximum Gasteiger partial charge on any atom is 0.153 e. The highest BCUT2D eigenvalue weighted by Gasteiger charge is 2.43. The molecule has 13 heavy (non-hydrogen) atoms. The summed E-state index contributed by atoms with van der Waals surface area (Å²) in [6.45, 7) is 6.03. The summed E-state index contributed by atoms with van der Waals surface area (Å²) in [6, 6.07) is 0. The molecular formula is C9H12Cl3N. The van der Waals surface area contributed by atoms with Crippen molar-refractivity contribution in [3.63, 3.8) is 0 Å². The van der Waals surface area contributed by atoms with E-state index in [0.29, 0.717) is 10.1 Å². The van der Waals surface area contributed by atoms with Crippen molar-refractivity contribution in [1.29, 1.82) is 0 Å². The van der Waals surface area contributed by atoms with Gasteiger partial charge in [0, 0.05) is 11.6 Å². The first-order valence-electron chi connectivity index (χ1n) is 3.97. The van der Waals surface area contributed by atoms with E-state index in [4.69, 9.17) is 34.8 Å². The largest absolute Gasteiger partial charge is 0.367 e. The lowest BCUT2D eigenvalue weighted by Gasteiger charge is -2.41. The molecule has 0 aromatic rings. The average Bonchev–Trinajstić information content (AvgIpc) is 1.95. The van der Waals surface area contributed by atoms with Gasteiger partial charge in [0.15, 0.2) is 5.00 Å². The SMILES string of the molecule is CC(C)(C)C1(Cl)NC=C(Cl)C=C1Cl. The van der Waals surface area contributed by atoms with Crippen LogP contribution in [0.2, 0.25) is 0 Å². The van der Waals surface area contributed by atoms with E-state index in [2.05, 4.69) is 5.32 Å². The van der Waals surface area contributed by atoms with Crippen molar-refractivity contribution in [1.82, 2.24) is 5.32 Å². The van der Waals surface area contributed by atoms with Gasteiger partial charge in [0.05, 0.1) is 10.1 Å². The van der Waals surface area contributed by atoms with E-state index in [-0.39, 0.29) is 5.41 Å². The highest BCUT2D eigenvalue weighted by atomic mass is 35.5. The van der Waals surface area contributed by atoms with Crippen LogP contribution in [0.3, 0.4) is 0 Å². The molecule has 0 aromatic heterocycles. The van der Waals surface area contributed by atoms with Crippen LogP contribution in [0, 0.1) is 5.41 Å². The van der Waals surface area contributed by atoms with Crippen LogP contribution in [0.15, 0.2) is 22.3 Å². The standard InChI is InChI=1S/C9H12Cl3N/c1-8(2,3)9(12)7(11)4-6(10)5-13-9/h4-5,13H,1-3H3. The van der Waals surface area contributed by atoms with Crippen molar-refractivity contribution in [2.75, 3.05) is 0 Å². The third-order valence-corrected chi connectivity index (χ3v) is 3.62. The van der Waals surface area contributed by atoms with E-state index in [1.807, 2.05) is 20.8 Å². The molecule has 1 heterocycles. The number of hydrogen-bond donors (Lipinski definition) is 1. The molecule has 0 saturated heterocycles. The minimum Gasteiger partial charge on any atom is -0.367 e. The molecule has 0 fully saturated rings. The second-order valence-electron chi connectivity index (χ2n) is 4.07. The van der Waals surface area contributed by atoms with Gasteiger partial charge in [0.25, 0.3) is 0 Å². The maximum absolute atomic E-state index is 6.35. The Hall–Kier alpha value is 0.150. The number of alkyl halides is 1. The average molecular weight is 241 g/mol. The molecule has 0 amide bonds. The van der Waals surface area contributed by atoms with E-state index in [1.165, 1.54) is 0 Å².